The number of halogens is 1. The van der Waals surface area contributed by atoms with Gasteiger partial charge in [0, 0.05) is 29.1 Å². The first-order chi connectivity index (χ1) is 11.2. The molecular weight excluding hydrogens is 326 g/mol. The van der Waals surface area contributed by atoms with E-state index in [9.17, 15) is 0 Å². The van der Waals surface area contributed by atoms with Crippen LogP contribution in [0.3, 0.4) is 0 Å². The second-order valence-electron chi connectivity index (χ2n) is 6.86. The molecule has 4 rings (SSSR count). The van der Waals surface area contributed by atoms with Crippen molar-refractivity contribution in [3.8, 4) is 10.6 Å². The fourth-order valence-electron chi connectivity index (χ4n) is 3.86. The summed E-state index contributed by atoms with van der Waals surface area (Å²) in [5.41, 5.74) is 2.92. The summed E-state index contributed by atoms with van der Waals surface area (Å²) in [6.45, 7) is 5.81. The molecule has 5 heteroatoms. The van der Waals surface area contributed by atoms with E-state index in [0.717, 1.165) is 22.1 Å². The van der Waals surface area contributed by atoms with Crippen LogP contribution >= 0.6 is 22.9 Å². The highest BCUT2D eigenvalue weighted by molar-refractivity contribution is 7.13. The monoisotopic (exact) mass is 347 g/mol. The first-order valence-electron chi connectivity index (χ1n) is 8.36. The molecule has 3 nitrogen and oxygen atoms in total. The van der Waals surface area contributed by atoms with Crippen molar-refractivity contribution in [1.29, 1.82) is 0 Å². The summed E-state index contributed by atoms with van der Waals surface area (Å²) < 4.78 is 0. The van der Waals surface area contributed by atoms with Crippen molar-refractivity contribution in [3.63, 3.8) is 0 Å². The smallest absolute Gasteiger partial charge is 0.123 e. The average Bonchev–Trinajstić information content (AvgIpc) is 3.17. The Morgan fingerprint density at radius 2 is 1.96 bits per heavy atom. The van der Waals surface area contributed by atoms with Crippen LogP contribution in [0.25, 0.3) is 10.6 Å². The van der Waals surface area contributed by atoms with Crippen molar-refractivity contribution in [2.75, 3.05) is 26.2 Å². The largest absolute Gasteiger partial charge is 0.317 e. The van der Waals surface area contributed by atoms with Crippen LogP contribution in [0.5, 0.6) is 0 Å². The number of piperidine rings is 1. The topological polar surface area (TPSA) is 28.2 Å². The third kappa shape index (κ3) is 3.45. The SMILES string of the molecule is Clc1ccc(-c2nc(CN3CCC4(CCNCC4)C3)cs2)cc1. The summed E-state index contributed by atoms with van der Waals surface area (Å²) in [5, 5.41) is 7.56. The van der Waals surface area contributed by atoms with E-state index in [1.165, 1.54) is 51.1 Å². The maximum absolute atomic E-state index is 5.96. The normalized spacial score (nSPS) is 21.1. The molecule has 2 aliphatic heterocycles. The number of aromatic nitrogens is 1. The third-order valence-electron chi connectivity index (χ3n) is 5.21. The zero-order chi connectivity index (χ0) is 15.7. The predicted molar refractivity (Wildman–Crippen MR) is 97.0 cm³/mol. The molecule has 1 N–H and O–H groups in total. The van der Waals surface area contributed by atoms with E-state index in [1.807, 2.05) is 24.3 Å². The molecule has 1 aromatic heterocycles. The minimum Gasteiger partial charge on any atom is -0.317 e. The zero-order valence-corrected chi connectivity index (χ0v) is 14.8. The van der Waals surface area contributed by atoms with Crippen LogP contribution in [-0.4, -0.2) is 36.1 Å². The quantitative estimate of drug-likeness (QED) is 0.908. The molecule has 1 spiro atoms. The summed E-state index contributed by atoms with van der Waals surface area (Å²) >= 11 is 7.69. The van der Waals surface area contributed by atoms with Crippen LogP contribution in [-0.2, 0) is 6.54 Å². The minimum absolute atomic E-state index is 0.570. The highest BCUT2D eigenvalue weighted by atomic mass is 35.5. The second kappa shape index (κ2) is 6.52. The van der Waals surface area contributed by atoms with Gasteiger partial charge in [0.2, 0.25) is 0 Å². The van der Waals surface area contributed by atoms with Crippen LogP contribution in [0.4, 0.5) is 0 Å². The van der Waals surface area contributed by atoms with Gasteiger partial charge in [0.15, 0.2) is 0 Å². The number of nitrogens with zero attached hydrogens (tertiary/aromatic N) is 2. The number of likely N-dealkylation sites (tertiary alicyclic amines) is 1. The van der Waals surface area contributed by atoms with Crippen LogP contribution in [0.1, 0.15) is 25.0 Å². The summed E-state index contributed by atoms with van der Waals surface area (Å²) in [7, 11) is 0. The van der Waals surface area contributed by atoms with E-state index in [2.05, 4.69) is 15.6 Å². The Morgan fingerprint density at radius 3 is 2.74 bits per heavy atom. The summed E-state index contributed by atoms with van der Waals surface area (Å²) in [6, 6.07) is 7.95. The molecule has 0 amide bonds. The Bertz CT molecular complexity index is 661. The van der Waals surface area contributed by atoms with E-state index in [-0.39, 0.29) is 0 Å². The molecule has 0 unspecified atom stereocenters. The Hall–Kier alpha value is -0.940. The van der Waals surface area contributed by atoms with Crippen molar-refractivity contribution < 1.29 is 0 Å². The van der Waals surface area contributed by atoms with Gasteiger partial charge in [-0.3, -0.25) is 4.90 Å². The maximum Gasteiger partial charge on any atom is 0.123 e. The number of benzene rings is 1. The van der Waals surface area contributed by atoms with Gasteiger partial charge in [-0.25, -0.2) is 4.98 Å². The van der Waals surface area contributed by atoms with Gasteiger partial charge in [-0.1, -0.05) is 23.7 Å². The molecule has 3 heterocycles. The predicted octanol–water partition coefficient (Wildman–Crippen LogP) is 4.04. The van der Waals surface area contributed by atoms with Crippen molar-refractivity contribution in [1.82, 2.24) is 15.2 Å². The van der Waals surface area contributed by atoms with E-state index in [0.29, 0.717) is 5.41 Å². The molecule has 2 aromatic rings. The zero-order valence-electron chi connectivity index (χ0n) is 13.2. The van der Waals surface area contributed by atoms with Gasteiger partial charge in [0.05, 0.1) is 5.69 Å². The van der Waals surface area contributed by atoms with Gasteiger partial charge in [0.1, 0.15) is 5.01 Å². The van der Waals surface area contributed by atoms with E-state index in [4.69, 9.17) is 16.6 Å². The van der Waals surface area contributed by atoms with Crippen molar-refractivity contribution in [2.24, 2.45) is 5.41 Å². The standard InChI is InChI=1S/C18H22ClN3S/c19-15-3-1-14(2-4-15)17-21-16(12-23-17)11-22-10-7-18(13-22)5-8-20-9-6-18/h1-4,12,20H,5-11,13H2. The molecule has 0 aliphatic carbocycles. The van der Waals surface area contributed by atoms with E-state index >= 15 is 0 Å². The van der Waals surface area contributed by atoms with Gasteiger partial charge >= 0.3 is 0 Å². The van der Waals surface area contributed by atoms with Crippen molar-refractivity contribution in [3.05, 3.63) is 40.4 Å². The Morgan fingerprint density at radius 1 is 1.17 bits per heavy atom. The molecule has 0 bridgehead atoms. The molecule has 2 saturated heterocycles. The lowest BCUT2D eigenvalue weighted by Crippen LogP contribution is -2.38. The number of hydrogen-bond acceptors (Lipinski definition) is 4. The van der Waals surface area contributed by atoms with Gasteiger partial charge < -0.3 is 5.32 Å². The Balaban J connectivity index is 1.41. The molecule has 2 aliphatic rings. The minimum atomic E-state index is 0.570. The second-order valence-corrected chi connectivity index (χ2v) is 8.16. The third-order valence-corrected chi connectivity index (χ3v) is 6.40. The number of rotatable bonds is 3. The molecule has 0 radical (unpaired) electrons. The fraction of sp³-hybridized carbons (Fsp3) is 0.500. The Kier molecular flexibility index (Phi) is 4.41. The van der Waals surface area contributed by atoms with Crippen LogP contribution < -0.4 is 5.32 Å². The molecule has 23 heavy (non-hydrogen) atoms. The lowest BCUT2D eigenvalue weighted by molar-refractivity contribution is 0.193. The highest BCUT2D eigenvalue weighted by Crippen LogP contribution is 2.39. The Labute approximate surface area is 146 Å². The summed E-state index contributed by atoms with van der Waals surface area (Å²) in [4.78, 5) is 7.42. The summed E-state index contributed by atoms with van der Waals surface area (Å²) in [5.74, 6) is 0. The highest BCUT2D eigenvalue weighted by Gasteiger charge is 2.38. The number of hydrogen-bond donors (Lipinski definition) is 1. The lowest BCUT2D eigenvalue weighted by Gasteiger charge is -2.33. The first-order valence-corrected chi connectivity index (χ1v) is 9.62. The molecule has 122 valence electrons. The molecule has 0 atom stereocenters. The van der Waals surface area contributed by atoms with Gasteiger partial charge in [-0.05, 0) is 56.4 Å². The van der Waals surface area contributed by atoms with E-state index in [1.54, 1.807) is 11.3 Å². The van der Waals surface area contributed by atoms with Crippen LogP contribution in [0, 0.1) is 5.41 Å². The van der Waals surface area contributed by atoms with Crippen LogP contribution in [0.2, 0.25) is 5.02 Å². The first kappa shape index (κ1) is 15.6. The maximum atomic E-state index is 5.96. The van der Waals surface area contributed by atoms with Crippen molar-refractivity contribution in [2.45, 2.75) is 25.8 Å². The van der Waals surface area contributed by atoms with Gasteiger partial charge in [-0.2, -0.15) is 0 Å². The molecular formula is C18H22ClN3S. The number of nitrogens with one attached hydrogen (secondary N) is 1. The molecule has 2 fully saturated rings. The van der Waals surface area contributed by atoms with Gasteiger partial charge in [-0.15, -0.1) is 11.3 Å². The number of thiazole rings is 1. The van der Waals surface area contributed by atoms with Gasteiger partial charge in [0.25, 0.3) is 0 Å². The lowest BCUT2D eigenvalue weighted by atomic mass is 9.78. The molecule has 1 aromatic carbocycles. The van der Waals surface area contributed by atoms with Crippen LogP contribution in [0.15, 0.2) is 29.6 Å². The average molecular weight is 348 g/mol. The van der Waals surface area contributed by atoms with Crippen molar-refractivity contribution >= 4 is 22.9 Å². The summed E-state index contributed by atoms with van der Waals surface area (Å²) in [6.07, 6.45) is 4.01. The fourth-order valence-corrected chi connectivity index (χ4v) is 4.80. The van der Waals surface area contributed by atoms with E-state index < -0.39 is 0 Å². The molecule has 0 saturated carbocycles.